The van der Waals surface area contributed by atoms with Crippen LogP contribution in [0.5, 0.6) is 0 Å². The maximum Gasteiger partial charge on any atom is 0.0817 e. The summed E-state index contributed by atoms with van der Waals surface area (Å²) < 4.78 is 1.20. The van der Waals surface area contributed by atoms with E-state index in [-0.39, 0.29) is 6.61 Å². The molecule has 3 heteroatoms. The normalized spacial score (nSPS) is 11.5. The van der Waals surface area contributed by atoms with E-state index in [0.29, 0.717) is 0 Å². The molecule has 1 aromatic heterocycles. The van der Waals surface area contributed by atoms with Gasteiger partial charge in [0.1, 0.15) is 0 Å². The molecule has 2 aromatic rings. The molecular weight excluding hydrogens is 182 g/mol. The standard InChI is InChI=1S/C10H9NOS/c12-5-1-2-8-3-4-10-9(6-8)11-7-13-10/h1-4,6-7,12H,5H2. The van der Waals surface area contributed by atoms with Gasteiger partial charge in [-0.15, -0.1) is 11.3 Å². The highest BCUT2D eigenvalue weighted by Crippen LogP contribution is 2.19. The van der Waals surface area contributed by atoms with E-state index in [1.807, 2.05) is 29.8 Å². The molecule has 1 heterocycles. The molecule has 0 spiro atoms. The van der Waals surface area contributed by atoms with Crippen LogP contribution in [0.1, 0.15) is 5.56 Å². The van der Waals surface area contributed by atoms with Crippen molar-refractivity contribution in [2.75, 3.05) is 6.61 Å². The van der Waals surface area contributed by atoms with Crippen molar-refractivity contribution in [2.24, 2.45) is 0 Å². The molecule has 0 aliphatic heterocycles. The zero-order chi connectivity index (χ0) is 9.10. The summed E-state index contributed by atoms with van der Waals surface area (Å²) in [6.45, 7) is 0.0785. The summed E-state index contributed by atoms with van der Waals surface area (Å²) in [6, 6.07) is 6.08. The van der Waals surface area contributed by atoms with Crippen LogP contribution in [0.3, 0.4) is 0 Å². The zero-order valence-corrected chi connectivity index (χ0v) is 7.79. The highest BCUT2D eigenvalue weighted by atomic mass is 32.1. The lowest BCUT2D eigenvalue weighted by atomic mass is 10.2. The number of aliphatic hydroxyl groups is 1. The van der Waals surface area contributed by atoms with Crippen molar-refractivity contribution in [3.63, 3.8) is 0 Å². The molecule has 0 bridgehead atoms. The zero-order valence-electron chi connectivity index (χ0n) is 6.97. The second kappa shape index (κ2) is 3.68. The van der Waals surface area contributed by atoms with Gasteiger partial charge in [-0.05, 0) is 17.7 Å². The number of nitrogens with zero attached hydrogens (tertiary/aromatic N) is 1. The highest BCUT2D eigenvalue weighted by molar-refractivity contribution is 7.16. The minimum atomic E-state index is 0.0785. The van der Waals surface area contributed by atoms with E-state index >= 15 is 0 Å². The molecule has 2 rings (SSSR count). The van der Waals surface area contributed by atoms with E-state index in [0.717, 1.165) is 11.1 Å². The van der Waals surface area contributed by atoms with Crippen molar-refractivity contribution in [3.05, 3.63) is 35.3 Å². The molecule has 0 unspecified atom stereocenters. The van der Waals surface area contributed by atoms with Crippen LogP contribution in [0, 0.1) is 0 Å². The first-order valence-electron chi connectivity index (χ1n) is 4.01. The molecule has 0 amide bonds. The number of hydrogen-bond acceptors (Lipinski definition) is 3. The van der Waals surface area contributed by atoms with Crippen LogP contribution in [-0.4, -0.2) is 16.7 Å². The third-order valence-corrected chi connectivity index (χ3v) is 2.58. The van der Waals surface area contributed by atoms with Crippen LogP contribution in [0.15, 0.2) is 29.8 Å². The number of aliphatic hydroxyl groups excluding tert-OH is 1. The maximum absolute atomic E-state index is 8.60. The summed E-state index contributed by atoms with van der Waals surface area (Å²) in [5, 5.41) is 8.60. The lowest BCUT2D eigenvalue weighted by molar-refractivity contribution is 0.343. The minimum Gasteiger partial charge on any atom is -0.392 e. The number of rotatable bonds is 2. The van der Waals surface area contributed by atoms with Gasteiger partial charge in [-0.3, -0.25) is 0 Å². The Labute approximate surface area is 80.2 Å². The van der Waals surface area contributed by atoms with E-state index in [2.05, 4.69) is 4.98 Å². The molecule has 0 atom stereocenters. The van der Waals surface area contributed by atoms with Crippen LogP contribution in [0.2, 0.25) is 0 Å². The summed E-state index contributed by atoms with van der Waals surface area (Å²) in [4.78, 5) is 4.21. The van der Waals surface area contributed by atoms with Crippen molar-refractivity contribution in [3.8, 4) is 0 Å². The predicted molar refractivity (Wildman–Crippen MR) is 55.7 cm³/mol. The van der Waals surface area contributed by atoms with Crippen LogP contribution in [0.25, 0.3) is 16.3 Å². The van der Waals surface area contributed by atoms with Gasteiger partial charge in [0.05, 0.1) is 22.3 Å². The molecule has 0 radical (unpaired) electrons. The average molecular weight is 191 g/mol. The van der Waals surface area contributed by atoms with Crippen molar-refractivity contribution < 1.29 is 5.11 Å². The molecule has 1 aromatic carbocycles. The SMILES string of the molecule is OCC=Cc1ccc2scnc2c1. The topological polar surface area (TPSA) is 33.1 Å². The van der Waals surface area contributed by atoms with E-state index in [1.165, 1.54) is 4.70 Å². The number of thiazole rings is 1. The van der Waals surface area contributed by atoms with Crippen molar-refractivity contribution in [1.82, 2.24) is 4.98 Å². The Bertz CT molecular complexity index is 433. The fourth-order valence-electron chi connectivity index (χ4n) is 1.17. The predicted octanol–water partition coefficient (Wildman–Crippen LogP) is 2.30. The highest BCUT2D eigenvalue weighted by Gasteiger charge is 1.95. The molecular formula is C10H9NOS. The second-order valence-electron chi connectivity index (χ2n) is 2.66. The van der Waals surface area contributed by atoms with Crippen LogP contribution < -0.4 is 0 Å². The Morgan fingerprint density at radius 1 is 1.46 bits per heavy atom. The first-order chi connectivity index (χ1) is 6.40. The first kappa shape index (κ1) is 8.41. The third kappa shape index (κ3) is 1.76. The summed E-state index contributed by atoms with van der Waals surface area (Å²) in [7, 11) is 0. The Morgan fingerprint density at radius 3 is 3.23 bits per heavy atom. The molecule has 1 N–H and O–H groups in total. The van der Waals surface area contributed by atoms with Gasteiger partial charge in [0.15, 0.2) is 0 Å². The summed E-state index contributed by atoms with van der Waals surface area (Å²) in [5.41, 5.74) is 3.93. The summed E-state index contributed by atoms with van der Waals surface area (Å²) in [5.74, 6) is 0. The number of benzene rings is 1. The van der Waals surface area contributed by atoms with E-state index in [9.17, 15) is 0 Å². The Hall–Kier alpha value is -1.19. The second-order valence-corrected chi connectivity index (χ2v) is 3.55. The largest absolute Gasteiger partial charge is 0.392 e. The molecule has 0 aliphatic carbocycles. The van der Waals surface area contributed by atoms with Gasteiger partial charge in [0, 0.05) is 0 Å². The Morgan fingerprint density at radius 2 is 2.38 bits per heavy atom. The lowest BCUT2D eigenvalue weighted by Gasteiger charge is -1.92. The van der Waals surface area contributed by atoms with Gasteiger partial charge >= 0.3 is 0 Å². The molecule has 0 saturated carbocycles. The monoisotopic (exact) mass is 191 g/mol. The van der Waals surface area contributed by atoms with Crippen molar-refractivity contribution in [2.45, 2.75) is 0 Å². The van der Waals surface area contributed by atoms with Gasteiger partial charge in [-0.2, -0.15) is 0 Å². The fourth-order valence-corrected chi connectivity index (χ4v) is 1.83. The molecule has 13 heavy (non-hydrogen) atoms. The summed E-state index contributed by atoms with van der Waals surface area (Å²) in [6.07, 6.45) is 3.60. The third-order valence-electron chi connectivity index (χ3n) is 1.77. The van der Waals surface area contributed by atoms with E-state index in [1.54, 1.807) is 17.4 Å². The van der Waals surface area contributed by atoms with Crippen molar-refractivity contribution in [1.29, 1.82) is 0 Å². The number of hydrogen-bond donors (Lipinski definition) is 1. The number of fused-ring (bicyclic) bond motifs is 1. The van der Waals surface area contributed by atoms with Gasteiger partial charge < -0.3 is 5.11 Å². The van der Waals surface area contributed by atoms with Gasteiger partial charge in [0.2, 0.25) is 0 Å². The fraction of sp³-hybridized carbons (Fsp3) is 0.100. The van der Waals surface area contributed by atoms with Gasteiger partial charge in [-0.1, -0.05) is 18.2 Å². The lowest BCUT2D eigenvalue weighted by Crippen LogP contribution is -1.74. The molecule has 0 saturated heterocycles. The Balaban J connectivity index is 2.42. The minimum absolute atomic E-state index is 0.0785. The average Bonchev–Trinajstić information content (AvgIpc) is 2.61. The van der Waals surface area contributed by atoms with Crippen LogP contribution >= 0.6 is 11.3 Å². The molecule has 0 aliphatic rings. The van der Waals surface area contributed by atoms with Gasteiger partial charge in [-0.25, -0.2) is 4.98 Å². The first-order valence-corrected chi connectivity index (χ1v) is 4.89. The number of aromatic nitrogens is 1. The molecule has 0 fully saturated rings. The molecule has 66 valence electrons. The Kier molecular flexibility index (Phi) is 2.38. The molecule has 2 nitrogen and oxygen atoms in total. The van der Waals surface area contributed by atoms with Gasteiger partial charge in [0.25, 0.3) is 0 Å². The van der Waals surface area contributed by atoms with E-state index < -0.39 is 0 Å². The summed E-state index contributed by atoms with van der Waals surface area (Å²) >= 11 is 1.64. The maximum atomic E-state index is 8.60. The van der Waals surface area contributed by atoms with Crippen molar-refractivity contribution >= 4 is 27.6 Å². The smallest absolute Gasteiger partial charge is 0.0817 e. The quantitative estimate of drug-likeness (QED) is 0.790. The van der Waals surface area contributed by atoms with Crippen LogP contribution in [0.4, 0.5) is 0 Å². The van der Waals surface area contributed by atoms with Crippen LogP contribution in [-0.2, 0) is 0 Å². The van der Waals surface area contributed by atoms with E-state index in [4.69, 9.17) is 5.11 Å².